The van der Waals surface area contributed by atoms with E-state index >= 15 is 0 Å². The Bertz CT molecular complexity index is 32.6. The van der Waals surface area contributed by atoms with E-state index in [-0.39, 0.29) is 27.5 Å². The molecule has 0 aliphatic heterocycles. The molecule has 5 heavy (non-hydrogen) atoms. The van der Waals surface area contributed by atoms with E-state index in [0.29, 0.717) is 0 Å². The van der Waals surface area contributed by atoms with Crippen LogP contribution in [0.5, 0.6) is 0 Å². The first-order chi connectivity index (χ1) is 1.73. The average Bonchev–Trinajstić information content (AvgIpc) is 0.811. The minimum absolute atomic E-state index is 0. The van der Waals surface area contributed by atoms with Crippen LogP contribution < -0.4 is 11.5 Å². The van der Waals surface area contributed by atoms with E-state index in [2.05, 4.69) is 23.7 Å². The minimum Gasteiger partial charge on any atom is -0.377 e. The molecule has 35 valence electrons. The molecule has 0 spiro atoms. The molecule has 0 saturated heterocycles. The Morgan fingerprint density at radius 1 is 1.40 bits per heavy atom. The molecule has 0 bridgehead atoms. The number of rotatable bonds is 0. The fourth-order valence-corrected chi connectivity index (χ4v) is 0. The molecule has 0 saturated carbocycles. The van der Waals surface area contributed by atoms with E-state index in [4.69, 9.17) is 0 Å². The summed E-state index contributed by atoms with van der Waals surface area (Å²) in [5.74, 6) is 0. The summed E-state index contributed by atoms with van der Waals surface area (Å²) in [4.78, 5) is 0. The van der Waals surface area contributed by atoms with Crippen molar-refractivity contribution in [3.8, 4) is 0 Å². The van der Waals surface area contributed by atoms with Gasteiger partial charge in [-0.1, -0.05) is 0 Å². The van der Waals surface area contributed by atoms with Gasteiger partial charge in [0.15, 0.2) is 5.11 Å². The fraction of sp³-hybridized carbons (Fsp3) is 0. The molecule has 1 radical (unpaired) electrons. The van der Waals surface area contributed by atoms with Crippen LogP contribution in [0.3, 0.4) is 0 Å². The summed E-state index contributed by atoms with van der Waals surface area (Å²) < 4.78 is 0. The van der Waals surface area contributed by atoms with Crippen LogP contribution in [-0.4, -0.2) is 5.11 Å². The Morgan fingerprint density at radius 2 is 1.40 bits per heavy atom. The first-order valence-electron chi connectivity index (χ1n) is 0.781. The number of nitrogens with two attached hydrogens (primary N) is 2. The van der Waals surface area contributed by atoms with E-state index in [0.717, 1.165) is 0 Å². The van der Waals surface area contributed by atoms with Crippen LogP contribution in [0, 0.1) is 0 Å². The van der Waals surface area contributed by atoms with Gasteiger partial charge in [0, 0.05) is 22.4 Å². The first-order valence-corrected chi connectivity index (χ1v) is 1.19. The second kappa shape index (κ2) is 4.43. The molecule has 4 N–H and O–H groups in total. The number of thiocarbonyl (C=S) groups is 1. The second-order valence-electron chi connectivity index (χ2n) is 0.402. The molecule has 0 unspecified atom stereocenters. The zero-order valence-electron chi connectivity index (χ0n) is 2.36. The van der Waals surface area contributed by atoms with Gasteiger partial charge < -0.3 is 11.5 Å². The van der Waals surface area contributed by atoms with Gasteiger partial charge >= 0.3 is 0 Å². The molecule has 0 atom stereocenters. The van der Waals surface area contributed by atoms with Crippen LogP contribution in [0.2, 0.25) is 0 Å². The van der Waals surface area contributed by atoms with Crippen molar-refractivity contribution < 1.29 is 22.4 Å². The third kappa shape index (κ3) is 141. The molecule has 0 rings (SSSR count). The van der Waals surface area contributed by atoms with Gasteiger partial charge in [0.2, 0.25) is 0 Å². The molecule has 0 aliphatic carbocycles. The van der Waals surface area contributed by atoms with Crippen molar-refractivity contribution in [3.63, 3.8) is 0 Å². The maximum Gasteiger partial charge on any atom is 0.160 e. The van der Waals surface area contributed by atoms with E-state index in [1.54, 1.807) is 0 Å². The SMILES string of the molecule is NC(N)=S.[Au]. The summed E-state index contributed by atoms with van der Waals surface area (Å²) in [6.07, 6.45) is 0. The normalized spacial score (nSPS) is 4.80. The van der Waals surface area contributed by atoms with Crippen molar-refractivity contribution in [2.24, 2.45) is 11.5 Å². The van der Waals surface area contributed by atoms with Crippen LogP contribution in [0.4, 0.5) is 0 Å². The van der Waals surface area contributed by atoms with E-state index in [1.807, 2.05) is 0 Å². The summed E-state index contributed by atoms with van der Waals surface area (Å²) in [7, 11) is 0. The summed E-state index contributed by atoms with van der Waals surface area (Å²) in [5.41, 5.74) is 9.24. The first kappa shape index (κ1) is 9.06. The molecular formula is CH4AuN2S. The Labute approximate surface area is 51.4 Å². The van der Waals surface area contributed by atoms with E-state index < -0.39 is 0 Å². The minimum atomic E-state index is 0. The van der Waals surface area contributed by atoms with E-state index in [1.165, 1.54) is 0 Å². The van der Waals surface area contributed by atoms with Crippen LogP contribution in [0.25, 0.3) is 0 Å². The summed E-state index contributed by atoms with van der Waals surface area (Å²) in [6, 6.07) is 0. The molecule has 0 amide bonds. The molecule has 0 aromatic rings. The maximum absolute atomic E-state index is 4.62. The van der Waals surface area contributed by atoms with Gasteiger partial charge in [-0.3, -0.25) is 0 Å². The zero-order chi connectivity index (χ0) is 3.58. The Balaban J connectivity index is 0. The van der Waals surface area contributed by atoms with Crippen molar-refractivity contribution in [3.05, 3.63) is 0 Å². The molecule has 4 heteroatoms. The summed E-state index contributed by atoms with van der Waals surface area (Å²) in [6.45, 7) is 0. The molecule has 0 aliphatic rings. The third-order valence-electron chi connectivity index (χ3n) is 0. The predicted molar refractivity (Wildman–Crippen MR) is 21.0 cm³/mol. The topological polar surface area (TPSA) is 52.0 Å². The van der Waals surface area contributed by atoms with Gasteiger partial charge in [0.05, 0.1) is 0 Å². The van der Waals surface area contributed by atoms with Crippen molar-refractivity contribution in [2.75, 3.05) is 0 Å². The van der Waals surface area contributed by atoms with Gasteiger partial charge in [-0.2, -0.15) is 0 Å². The molecule has 0 fully saturated rings. The van der Waals surface area contributed by atoms with Crippen LogP contribution in [0.1, 0.15) is 0 Å². The average molecular weight is 273 g/mol. The zero-order valence-corrected chi connectivity index (χ0v) is 5.35. The Morgan fingerprint density at radius 3 is 1.40 bits per heavy atom. The Kier molecular flexibility index (Phi) is 8.03. The predicted octanol–water partition coefficient (Wildman–Crippen LogP) is -0.814. The third-order valence-corrected chi connectivity index (χ3v) is 0. The fourth-order valence-electron chi connectivity index (χ4n) is 0. The van der Waals surface area contributed by atoms with Gasteiger partial charge in [-0.05, 0) is 12.2 Å². The van der Waals surface area contributed by atoms with Gasteiger partial charge in [-0.25, -0.2) is 0 Å². The molecular weight excluding hydrogens is 269 g/mol. The number of hydrogen-bond donors (Lipinski definition) is 2. The molecule has 0 aromatic carbocycles. The van der Waals surface area contributed by atoms with Gasteiger partial charge in [-0.15, -0.1) is 0 Å². The van der Waals surface area contributed by atoms with Crippen molar-refractivity contribution >= 4 is 17.3 Å². The smallest absolute Gasteiger partial charge is 0.160 e. The van der Waals surface area contributed by atoms with E-state index in [9.17, 15) is 0 Å². The summed E-state index contributed by atoms with van der Waals surface area (Å²) in [5, 5.41) is 0.000000000000000222. The van der Waals surface area contributed by atoms with Crippen LogP contribution in [0.15, 0.2) is 0 Å². The standard InChI is InChI=1S/CH4N2S.Au/c2-1(3)4;/h(H4,2,3,4);. The molecule has 0 aromatic heterocycles. The van der Waals surface area contributed by atoms with Crippen LogP contribution >= 0.6 is 12.2 Å². The Hall–Kier alpha value is 0.430. The number of hydrogen-bond acceptors (Lipinski definition) is 1. The summed E-state index contributed by atoms with van der Waals surface area (Å²) >= 11 is 4.09. The largest absolute Gasteiger partial charge is 0.377 e. The van der Waals surface area contributed by atoms with Gasteiger partial charge in [0.25, 0.3) is 0 Å². The maximum atomic E-state index is 4.62. The molecule has 0 heterocycles. The van der Waals surface area contributed by atoms with Crippen molar-refractivity contribution in [1.82, 2.24) is 0 Å². The second-order valence-corrected chi connectivity index (χ2v) is 0.874. The van der Waals surface area contributed by atoms with Gasteiger partial charge in [0.1, 0.15) is 0 Å². The molecule has 2 nitrogen and oxygen atoms in total. The van der Waals surface area contributed by atoms with Crippen molar-refractivity contribution in [2.45, 2.75) is 0 Å². The van der Waals surface area contributed by atoms with Crippen molar-refractivity contribution in [1.29, 1.82) is 0 Å². The monoisotopic (exact) mass is 273 g/mol. The van der Waals surface area contributed by atoms with Crippen LogP contribution in [-0.2, 0) is 22.4 Å². The quantitative estimate of drug-likeness (QED) is 0.448.